The minimum absolute atomic E-state index is 0.0239. The van der Waals surface area contributed by atoms with E-state index in [1.165, 1.54) is 0 Å². The summed E-state index contributed by atoms with van der Waals surface area (Å²) >= 11 is 6.02. The molecule has 0 spiro atoms. The second-order valence-corrected chi connectivity index (χ2v) is 8.73. The molecule has 1 aliphatic heterocycles. The molecular weight excluding hydrogens is 348 g/mol. The Labute approximate surface area is 160 Å². The second kappa shape index (κ2) is 6.95. The van der Waals surface area contributed by atoms with Crippen molar-refractivity contribution in [1.82, 2.24) is 9.78 Å². The van der Waals surface area contributed by atoms with Crippen molar-refractivity contribution < 1.29 is 4.79 Å². The molecule has 2 aromatic rings. The summed E-state index contributed by atoms with van der Waals surface area (Å²) in [6, 6.07) is 6.22. The summed E-state index contributed by atoms with van der Waals surface area (Å²) < 4.78 is 1.97. The number of nitrogens with one attached hydrogen (secondary N) is 1. The SMILES string of the molecule is Cc1cc(N2CCn3nc(Cl)cc3C2)cc(C)c1NC(=O)CC(C)(C)C. The molecule has 26 heavy (non-hydrogen) atoms. The second-order valence-electron chi connectivity index (χ2n) is 8.34. The fourth-order valence-electron chi connectivity index (χ4n) is 3.44. The van der Waals surface area contributed by atoms with Crippen LogP contribution in [0.25, 0.3) is 0 Å². The Kier molecular flexibility index (Phi) is 5.02. The van der Waals surface area contributed by atoms with E-state index in [2.05, 4.69) is 48.2 Å². The van der Waals surface area contributed by atoms with Crippen molar-refractivity contribution in [2.24, 2.45) is 5.41 Å². The molecule has 140 valence electrons. The topological polar surface area (TPSA) is 50.2 Å². The summed E-state index contributed by atoms with van der Waals surface area (Å²) in [6.07, 6.45) is 0.504. The van der Waals surface area contributed by atoms with Gasteiger partial charge < -0.3 is 10.2 Å². The Morgan fingerprint density at radius 3 is 2.46 bits per heavy atom. The summed E-state index contributed by atoms with van der Waals surface area (Å²) in [5.74, 6) is 0.0629. The predicted molar refractivity (Wildman–Crippen MR) is 107 cm³/mol. The highest BCUT2D eigenvalue weighted by atomic mass is 35.5. The zero-order valence-corrected chi connectivity index (χ0v) is 16.9. The smallest absolute Gasteiger partial charge is 0.224 e. The van der Waals surface area contributed by atoms with Crippen LogP contribution in [0.5, 0.6) is 0 Å². The molecule has 0 radical (unpaired) electrons. The lowest BCUT2D eigenvalue weighted by Gasteiger charge is -2.30. The molecule has 1 aliphatic rings. The number of carbonyl (C=O) groups is 1. The van der Waals surface area contributed by atoms with Crippen molar-refractivity contribution in [3.63, 3.8) is 0 Å². The third-order valence-corrected chi connectivity index (χ3v) is 4.79. The number of rotatable bonds is 3. The number of benzene rings is 1. The van der Waals surface area contributed by atoms with Crippen LogP contribution in [0.3, 0.4) is 0 Å². The minimum Gasteiger partial charge on any atom is -0.364 e. The first kappa shape index (κ1) is 18.8. The molecule has 1 aromatic carbocycles. The molecule has 0 bridgehead atoms. The molecule has 1 aromatic heterocycles. The number of halogens is 1. The van der Waals surface area contributed by atoms with Gasteiger partial charge in [-0.05, 0) is 42.5 Å². The van der Waals surface area contributed by atoms with E-state index in [-0.39, 0.29) is 11.3 Å². The highest BCUT2D eigenvalue weighted by molar-refractivity contribution is 6.29. The van der Waals surface area contributed by atoms with Gasteiger partial charge in [0.05, 0.1) is 18.8 Å². The fraction of sp³-hybridized carbons (Fsp3) is 0.500. The van der Waals surface area contributed by atoms with Crippen LogP contribution in [0, 0.1) is 19.3 Å². The van der Waals surface area contributed by atoms with E-state index in [9.17, 15) is 4.79 Å². The quantitative estimate of drug-likeness (QED) is 0.857. The lowest BCUT2D eigenvalue weighted by atomic mass is 9.92. The van der Waals surface area contributed by atoms with E-state index in [4.69, 9.17) is 11.6 Å². The largest absolute Gasteiger partial charge is 0.364 e. The monoisotopic (exact) mass is 374 g/mol. The van der Waals surface area contributed by atoms with E-state index in [1.54, 1.807) is 0 Å². The van der Waals surface area contributed by atoms with Gasteiger partial charge >= 0.3 is 0 Å². The molecule has 0 unspecified atom stereocenters. The van der Waals surface area contributed by atoms with Crippen molar-refractivity contribution in [2.75, 3.05) is 16.8 Å². The predicted octanol–water partition coefficient (Wildman–Crippen LogP) is 4.55. The van der Waals surface area contributed by atoms with Crippen molar-refractivity contribution in [1.29, 1.82) is 0 Å². The minimum atomic E-state index is -0.0239. The van der Waals surface area contributed by atoms with Crippen LogP contribution in [-0.4, -0.2) is 22.2 Å². The maximum absolute atomic E-state index is 12.3. The number of amides is 1. The van der Waals surface area contributed by atoms with E-state index >= 15 is 0 Å². The van der Waals surface area contributed by atoms with Crippen LogP contribution in [0.4, 0.5) is 11.4 Å². The lowest BCUT2D eigenvalue weighted by Crippen LogP contribution is -2.33. The molecular formula is C20H27ClN4O. The first-order valence-corrected chi connectivity index (χ1v) is 9.38. The third kappa shape index (κ3) is 4.21. The van der Waals surface area contributed by atoms with Gasteiger partial charge in [-0.2, -0.15) is 5.10 Å². The fourth-order valence-corrected chi connectivity index (χ4v) is 3.65. The van der Waals surface area contributed by atoms with Crippen LogP contribution >= 0.6 is 11.6 Å². The van der Waals surface area contributed by atoms with Gasteiger partial charge in [0, 0.05) is 30.4 Å². The maximum atomic E-state index is 12.3. The van der Waals surface area contributed by atoms with Gasteiger partial charge in [-0.25, -0.2) is 0 Å². The van der Waals surface area contributed by atoms with Gasteiger partial charge in [0.1, 0.15) is 0 Å². The number of nitrogens with zero attached hydrogens (tertiary/aromatic N) is 3. The Morgan fingerprint density at radius 2 is 1.85 bits per heavy atom. The van der Waals surface area contributed by atoms with Crippen molar-refractivity contribution in [3.05, 3.63) is 40.2 Å². The van der Waals surface area contributed by atoms with Crippen molar-refractivity contribution in [3.8, 4) is 0 Å². The summed E-state index contributed by atoms with van der Waals surface area (Å²) in [7, 11) is 0. The van der Waals surface area contributed by atoms with Crippen LogP contribution in [0.15, 0.2) is 18.2 Å². The number of aryl methyl sites for hydroxylation is 2. The summed E-state index contributed by atoms with van der Waals surface area (Å²) in [4.78, 5) is 14.6. The average molecular weight is 375 g/mol. The average Bonchev–Trinajstić information content (AvgIpc) is 2.88. The number of fused-ring (bicyclic) bond motifs is 1. The summed E-state index contributed by atoms with van der Waals surface area (Å²) in [5.41, 5.74) is 5.35. The molecule has 0 atom stereocenters. The molecule has 2 heterocycles. The van der Waals surface area contributed by atoms with Gasteiger partial charge in [-0.15, -0.1) is 0 Å². The first-order chi connectivity index (χ1) is 12.1. The number of aromatic nitrogens is 2. The summed E-state index contributed by atoms with van der Waals surface area (Å²) in [5, 5.41) is 7.94. The van der Waals surface area contributed by atoms with Crippen LogP contribution in [0.2, 0.25) is 5.15 Å². The molecule has 6 heteroatoms. The van der Waals surface area contributed by atoms with Crippen LogP contribution < -0.4 is 10.2 Å². The van der Waals surface area contributed by atoms with E-state index in [0.717, 1.165) is 47.8 Å². The standard InChI is InChI=1S/C20H27ClN4O/c1-13-8-15(24-6-7-25-16(12-24)10-17(21)23-25)9-14(2)19(13)22-18(26)11-20(3,4)5/h8-10H,6-7,11-12H2,1-5H3,(H,22,26). The van der Waals surface area contributed by atoms with Crippen LogP contribution in [0.1, 0.15) is 44.0 Å². The van der Waals surface area contributed by atoms with Crippen molar-refractivity contribution in [2.45, 2.75) is 54.1 Å². The van der Waals surface area contributed by atoms with Gasteiger partial charge in [-0.1, -0.05) is 32.4 Å². The molecule has 0 saturated carbocycles. The molecule has 3 rings (SSSR count). The zero-order chi connectivity index (χ0) is 19.1. The number of anilines is 2. The lowest BCUT2D eigenvalue weighted by molar-refractivity contribution is -0.117. The van der Waals surface area contributed by atoms with Gasteiger partial charge in [0.15, 0.2) is 5.15 Å². The van der Waals surface area contributed by atoms with E-state index in [0.29, 0.717) is 11.6 Å². The van der Waals surface area contributed by atoms with E-state index < -0.39 is 0 Å². The zero-order valence-electron chi connectivity index (χ0n) is 16.2. The Hall–Kier alpha value is -2.01. The molecule has 0 fully saturated rings. The normalized spacial score (nSPS) is 14.3. The Bertz CT molecular complexity index is 812. The van der Waals surface area contributed by atoms with Crippen molar-refractivity contribution >= 4 is 28.9 Å². The van der Waals surface area contributed by atoms with Gasteiger partial charge in [0.25, 0.3) is 0 Å². The maximum Gasteiger partial charge on any atom is 0.224 e. The highest BCUT2D eigenvalue weighted by Crippen LogP contribution is 2.30. The van der Waals surface area contributed by atoms with Gasteiger partial charge in [-0.3, -0.25) is 9.48 Å². The summed E-state index contributed by atoms with van der Waals surface area (Å²) in [6.45, 7) is 12.8. The number of carbonyl (C=O) groups excluding carboxylic acids is 1. The van der Waals surface area contributed by atoms with Gasteiger partial charge in [0.2, 0.25) is 5.91 Å². The highest BCUT2D eigenvalue weighted by Gasteiger charge is 2.21. The number of hydrogen-bond donors (Lipinski definition) is 1. The Balaban J connectivity index is 1.78. The molecule has 5 nitrogen and oxygen atoms in total. The molecule has 1 amide bonds. The van der Waals surface area contributed by atoms with Crippen LogP contribution in [-0.2, 0) is 17.9 Å². The molecule has 1 N–H and O–H groups in total. The third-order valence-electron chi connectivity index (χ3n) is 4.61. The Morgan fingerprint density at radius 1 is 1.19 bits per heavy atom. The van der Waals surface area contributed by atoms with E-state index in [1.807, 2.05) is 24.6 Å². The first-order valence-electron chi connectivity index (χ1n) is 9.01. The number of hydrogen-bond acceptors (Lipinski definition) is 3. The molecule has 0 aliphatic carbocycles. The molecule has 0 saturated heterocycles.